The highest BCUT2D eigenvalue weighted by atomic mass is 16.6. The fraction of sp³-hybridized carbons (Fsp3) is 0.955. The van der Waals surface area contributed by atoms with Crippen molar-refractivity contribution >= 4 is 5.97 Å². The normalized spacial score (nSPS) is 11.7. The second kappa shape index (κ2) is 16.0. The zero-order valence-electron chi connectivity index (χ0n) is 17.1. The van der Waals surface area contributed by atoms with Crippen molar-refractivity contribution in [3.05, 3.63) is 0 Å². The summed E-state index contributed by atoms with van der Waals surface area (Å²) < 4.78 is 5.32. The van der Waals surface area contributed by atoms with Crippen LogP contribution in [0.25, 0.3) is 0 Å². The van der Waals surface area contributed by atoms with Crippen molar-refractivity contribution in [1.82, 2.24) is 0 Å². The first-order chi connectivity index (χ1) is 11.5. The van der Waals surface area contributed by atoms with Crippen molar-refractivity contribution in [1.29, 1.82) is 0 Å². The van der Waals surface area contributed by atoms with Gasteiger partial charge in [-0.25, -0.2) is 0 Å². The van der Waals surface area contributed by atoms with Gasteiger partial charge in [0.1, 0.15) is 5.60 Å². The molecule has 24 heavy (non-hydrogen) atoms. The van der Waals surface area contributed by atoms with Crippen molar-refractivity contribution in [2.45, 2.75) is 136 Å². The Labute approximate surface area is 152 Å². The van der Waals surface area contributed by atoms with Crippen LogP contribution in [0.2, 0.25) is 0 Å². The van der Waals surface area contributed by atoms with Crippen molar-refractivity contribution in [2.24, 2.45) is 0 Å². The highest BCUT2D eigenvalue weighted by Gasteiger charge is 2.15. The van der Waals surface area contributed by atoms with Crippen LogP contribution in [-0.4, -0.2) is 11.6 Å². The molecule has 0 unspecified atom stereocenters. The van der Waals surface area contributed by atoms with Crippen LogP contribution in [0.4, 0.5) is 0 Å². The van der Waals surface area contributed by atoms with Crippen molar-refractivity contribution in [3.63, 3.8) is 0 Å². The van der Waals surface area contributed by atoms with Gasteiger partial charge in [-0.3, -0.25) is 4.79 Å². The number of unbranched alkanes of at least 4 members (excludes halogenated alkanes) is 14. The Bertz CT molecular complexity index is 278. The minimum atomic E-state index is -0.341. The highest BCUT2D eigenvalue weighted by molar-refractivity contribution is 5.69. The molecule has 0 amide bonds. The van der Waals surface area contributed by atoms with E-state index in [0.717, 1.165) is 12.8 Å². The summed E-state index contributed by atoms with van der Waals surface area (Å²) in [6.45, 7) is 8.06. The highest BCUT2D eigenvalue weighted by Crippen LogP contribution is 2.14. The van der Waals surface area contributed by atoms with Crippen LogP contribution in [0.15, 0.2) is 0 Å². The summed E-state index contributed by atoms with van der Waals surface area (Å²) in [4.78, 5) is 11.6. The van der Waals surface area contributed by atoms with Gasteiger partial charge in [-0.1, -0.05) is 96.8 Å². The molecule has 0 aromatic heterocycles. The summed E-state index contributed by atoms with van der Waals surface area (Å²) in [7, 11) is 0. The molecule has 0 bridgehead atoms. The molecule has 0 radical (unpaired) electrons. The largest absolute Gasteiger partial charge is 0.460 e. The smallest absolute Gasteiger partial charge is 0.306 e. The van der Waals surface area contributed by atoms with Crippen LogP contribution in [0.3, 0.4) is 0 Å². The van der Waals surface area contributed by atoms with Gasteiger partial charge in [0.05, 0.1) is 0 Å². The molecule has 0 saturated carbocycles. The van der Waals surface area contributed by atoms with E-state index in [4.69, 9.17) is 4.74 Å². The molecule has 0 aliphatic rings. The summed E-state index contributed by atoms with van der Waals surface area (Å²) in [6, 6.07) is 0. The lowest BCUT2D eigenvalue weighted by Crippen LogP contribution is -2.23. The molecule has 2 heteroatoms. The molecule has 0 atom stereocenters. The summed E-state index contributed by atoms with van der Waals surface area (Å²) in [5.74, 6) is -0.0443. The van der Waals surface area contributed by atoms with Crippen LogP contribution in [0, 0.1) is 0 Å². The zero-order valence-corrected chi connectivity index (χ0v) is 17.1. The summed E-state index contributed by atoms with van der Waals surface area (Å²) in [5.41, 5.74) is -0.341. The van der Waals surface area contributed by atoms with E-state index in [-0.39, 0.29) is 11.6 Å². The van der Waals surface area contributed by atoms with E-state index in [1.165, 1.54) is 83.5 Å². The standard InChI is InChI=1S/C22H44O2/c1-5-6-7-8-9-10-11-12-13-14-15-16-17-18-19-20-21(23)24-22(2,3)4/h5-20H2,1-4H3. The van der Waals surface area contributed by atoms with Gasteiger partial charge in [0.25, 0.3) is 0 Å². The SMILES string of the molecule is CCCCCCCCCCCCCCCCCC(=O)OC(C)(C)C. The predicted octanol–water partition coefficient (Wildman–Crippen LogP) is 7.59. The van der Waals surface area contributed by atoms with Crippen molar-refractivity contribution in [3.8, 4) is 0 Å². The maximum atomic E-state index is 11.6. The number of hydrogen-bond acceptors (Lipinski definition) is 2. The lowest BCUT2D eigenvalue weighted by molar-refractivity contribution is -0.154. The van der Waals surface area contributed by atoms with Gasteiger partial charge in [-0.15, -0.1) is 0 Å². The number of ether oxygens (including phenoxy) is 1. The average molecular weight is 341 g/mol. The molecule has 0 aliphatic carbocycles. The zero-order chi connectivity index (χ0) is 18.1. The number of rotatable bonds is 16. The molecule has 0 aromatic rings. The van der Waals surface area contributed by atoms with E-state index in [1.807, 2.05) is 20.8 Å². The van der Waals surface area contributed by atoms with Crippen molar-refractivity contribution < 1.29 is 9.53 Å². The van der Waals surface area contributed by atoms with Gasteiger partial charge in [0.15, 0.2) is 0 Å². The van der Waals surface area contributed by atoms with Gasteiger partial charge in [-0.05, 0) is 27.2 Å². The third-order valence-electron chi connectivity index (χ3n) is 4.40. The molecule has 0 aromatic carbocycles. The molecule has 2 nitrogen and oxygen atoms in total. The number of esters is 1. The number of hydrogen-bond donors (Lipinski definition) is 0. The van der Waals surface area contributed by atoms with Crippen molar-refractivity contribution in [2.75, 3.05) is 0 Å². The Balaban J connectivity index is 3.14. The third-order valence-corrected chi connectivity index (χ3v) is 4.40. The van der Waals surface area contributed by atoms with Crippen LogP contribution in [0.5, 0.6) is 0 Å². The van der Waals surface area contributed by atoms with Gasteiger partial charge in [-0.2, -0.15) is 0 Å². The topological polar surface area (TPSA) is 26.3 Å². The van der Waals surface area contributed by atoms with E-state index < -0.39 is 0 Å². The van der Waals surface area contributed by atoms with Gasteiger partial charge >= 0.3 is 5.97 Å². The fourth-order valence-corrected chi connectivity index (χ4v) is 3.03. The van der Waals surface area contributed by atoms with E-state index in [1.54, 1.807) is 0 Å². The molecule has 0 fully saturated rings. The van der Waals surface area contributed by atoms with Crippen LogP contribution >= 0.6 is 0 Å². The number of carbonyl (C=O) groups excluding carboxylic acids is 1. The Kier molecular flexibility index (Phi) is 15.6. The second-order valence-corrected chi connectivity index (χ2v) is 8.29. The third kappa shape index (κ3) is 19.5. The fourth-order valence-electron chi connectivity index (χ4n) is 3.03. The first kappa shape index (κ1) is 23.5. The van der Waals surface area contributed by atoms with E-state index in [2.05, 4.69) is 6.92 Å². The molecular weight excluding hydrogens is 296 g/mol. The van der Waals surface area contributed by atoms with E-state index in [9.17, 15) is 4.79 Å². The molecule has 0 N–H and O–H groups in total. The average Bonchev–Trinajstić information content (AvgIpc) is 2.49. The molecule has 0 spiro atoms. The van der Waals surface area contributed by atoms with Crippen LogP contribution in [-0.2, 0) is 9.53 Å². The Morgan fingerprint density at radius 1 is 0.625 bits per heavy atom. The Hall–Kier alpha value is -0.530. The Morgan fingerprint density at radius 2 is 0.958 bits per heavy atom. The second-order valence-electron chi connectivity index (χ2n) is 8.29. The predicted molar refractivity (Wildman–Crippen MR) is 105 cm³/mol. The molecular formula is C22H44O2. The molecule has 0 saturated heterocycles. The molecule has 0 aliphatic heterocycles. The van der Waals surface area contributed by atoms with Gasteiger partial charge < -0.3 is 4.74 Å². The summed E-state index contributed by atoms with van der Waals surface area (Å²) in [6.07, 6.45) is 20.9. The lowest BCUT2D eigenvalue weighted by atomic mass is 10.0. The molecule has 144 valence electrons. The molecule has 0 heterocycles. The summed E-state index contributed by atoms with van der Waals surface area (Å²) in [5, 5.41) is 0. The first-order valence-electron chi connectivity index (χ1n) is 10.7. The lowest BCUT2D eigenvalue weighted by Gasteiger charge is -2.19. The van der Waals surface area contributed by atoms with Gasteiger partial charge in [0, 0.05) is 6.42 Å². The minimum Gasteiger partial charge on any atom is -0.460 e. The maximum Gasteiger partial charge on any atom is 0.306 e. The van der Waals surface area contributed by atoms with Crippen LogP contribution in [0.1, 0.15) is 130 Å². The Morgan fingerprint density at radius 3 is 1.29 bits per heavy atom. The maximum absolute atomic E-state index is 11.6. The van der Waals surface area contributed by atoms with Gasteiger partial charge in [0.2, 0.25) is 0 Å². The quantitative estimate of drug-likeness (QED) is 0.214. The molecule has 0 rings (SSSR count). The first-order valence-corrected chi connectivity index (χ1v) is 10.7. The van der Waals surface area contributed by atoms with E-state index >= 15 is 0 Å². The van der Waals surface area contributed by atoms with Crippen LogP contribution < -0.4 is 0 Å². The minimum absolute atomic E-state index is 0.0443. The van der Waals surface area contributed by atoms with E-state index in [0.29, 0.717) is 6.42 Å². The summed E-state index contributed by atoms with van der Waals surface area (Å²) >= 11 is 0. The monoisotopic (exact) mass is 340 g/mol. The number of carbonyl (C=O) groups is 1.